The Hall–Kier alpha value is -1.27. The lowest BCUT2D eigenvalue weighted by Crippen LogP contribution is -2.11. The molecule has 1 aromatic carbocycles. The van der Waals surface area contributed by atoms with E-state index in [0.717, 1.165) is 23.5 Å². The van der Waals surface area contributed by atoms with Crippen LogP contribution in [0, 0.1) is 18.6 Å². The third-order valence-corrected chi connectivity index (χ3v) is 3.52. The van der Waals surface area contributed by atoms with Gasteiger partial charge in [-0.1, -0.05) is 15.9 Å². The zero-order valence-electron chi connectivity index (χ0n) is 11.2. The van der Waals surface area contributed by atoms with Gasteiger partial charge < -0.3 is 5.11 Å². The maximum Gasteiger partial charge on any atom is 0.133 e. The minimum Gasteiger partial charge on any atom is -0.388 e. The van der Waals surface area contributed by atoms with Gasteiger partial charge in [0.15, 0.2) is 0 Å². The first-order chi connectivity index (χ1) is 9.42. The summed E-state index contributed by atoms with van der Waals surface area (Å²) in [4.78, 5) is 0. The van der Waals surface area contributed by atoms with E-state index in [-0.39, 0.29) is 12.0 Å². The first-order valence-corrected chi connectivity index (χ1v) is 7.07. The van der Waals surface area contributed by atoms with Crippen molar-refractivity contribution in [3.8, 4) is 0 Å². The van der Waals surface area contributed by atoms with Gasteiger partial charge in [-0.25, -0.2) is 8.78 Å². The van der Waals surface area contributed by atoms with E-state index in [2.05, 4.69) is 21.0 Å². The Bertz CT molecular complexity index is 605. The van der Waals surface area contributed by atoms with Crippen LogP contribution in [0.2, 0.25) is 0 Å². The number of hydrogen-bond acceptors (Lipinski definition) is 2. The van der Waals surface area contributed by atoms with Crippen LogP contribution in [0.3, 0.4) is 0 Å². The van der Waals surface area contributed by atoms with Gasteiger partial charge >= 0.3 is 0 Å². The molecule has 0 amide bonds. The molecule has 0 saturated carbocycles. The molecule has 0 spiro atoms. The Morgan fingerprint density at radius 2 is 1.90 bits per heavy atom. The van der Waals surface area contributed by atoms with Crippen LogP contribution >= 0.6 is 15.9 Å². The highest BCUT2D eigenvalue weighted by molar-refractivity contribution is 9.10. The Morgan fingerprint density at radius 3 is 2.45 bits per heavy atom. The van der Waals surface area contributed by atoms with Crippen molar-refractivity contribution in [3.05, 3.63) is 51.3 Å². The van der Waals surface area contributed by atoms with E-state index in [0.29, 0.717) is 11.0 Å². The topological polar surface area (TPSA) is 38.0 Å². The number of hydrogen-bond donors (Lipinski definition) is 1. The molecule has 2 rings (SSSR count). The van der Waals surface area contributed by atoms with E-state index in [4.69, 9.17) is 0 Å². The number of rotatable bonds is 4. The summed E-state index contributed by atoms with van der Waals surface area (Å²) < 4.78 is 29.6. The molecular weight excluding hydrogens is 330 g/mol. The summed E-state index contributed by atoms with van der Waals surface area (Å²) in [6.45, 7) is 4.40. The van der Waals surface area contributed by atoms with Crippen LogP contribution in [0.15, 0.2) is 22.7 Å². The molecule has 6 heteroatoms. The highest BCUT2D eigenvalue weighted by Crippen LogP contribution is 2.27. The maximum absolute atomic E-state index is 13.8. The molecule has 20 heavy (non-hydrogen) atoms. The van der Waals surface area contributed by atoms with Crippen LogP contribution in [0.25, 0.3) is 0 Å². The average Bonchev–Trinajstić information content (AvgIpc) is 2.67. The molecule has 0 radical (unpaired) electrons. The summed E-state index contributed by atoms with van der Waals surface area (Å²) in [5, 5.41) is 14.4. The van der Waals surface area contributed by atoms with Gasteiger partial charge in [0, 0.05) is 23.1 Å². The summed E-state index contributed by atoms with van der Waals surface area (Å²) >= 11 is 3.01. The number of aliphatic hydroxyl groups is 1. The van der Waals surface area contributed by atoms with Gasteiger partial charge in [0.05, 0.1) is 17.4 Å². The summed E-state index contributed by atoms with van der Waals surface area (Å²) in [5.41, 5.74) is 1.25. The highest BCUT2D eigenvalue weighted by atomic mass is 79.9. The molecule has 108 valence electrons. The standard InChI is InChI=1S/C14H15BrF2N2O/c1-3-19-10(4-8(2)18-19)7-13(20)14-11(16)5-9(15)6-12(14)17/h4-6,13,20H,3,7H2,1-2H3. The Labute approximate surface area is 124 Å². The lowest BCUT2D eigenvalue weighted by molar-refractivity contribution is 0.165. The fraction of sp³-hybridized carbons (Fsp3) is 0.357. The molecule has 0 aliphatic rings. The van der Waals surface area contributed by atoms with Crippen LogP contribution in [0.1, 0.15) is 30.0 Å². The third kappa shape index (κ3) is 3.07. The van der Waals surface area contributed by atoms with Crippen molar-refractivity contribution in [2.75, 3.05) is 0 Å². The Balaban J connectivity index is 2.30. The average molecular weight is 345 g/mol. The first kappa shape index (κ1) is 15.1. The van der Waals surface area contributed by atoms with Crippen molar-refractivity contribution in [2.24, 2.45) is 0 Å². The summed E-state index contributed by atoms with van der Waals surface area (Å²) in [7, 11) is 0. The van der Waals surface area contributed by atoms with Gasteiger partial charge in [0.1, 0.15) is 11.6 Å². The van der Waals surface area contributed by atoms with Crippen LogP contribution < -0.4 is 0 Å². The molecule has 1 atom stereocenters. The number of aryl methyl sites for hydroxylation is 2. The summed E-state index contributed by atoms with van der Waals surface area (Å²) in [6.07, 6.45) is -1.13. The molecule has 1 heterocycles. The maximum atomic E-state index is 13.8. The molecule has 3 nitrogen and oxygen atoms in total. The van der Waals surface area contributed by atoms with Gasteiger partial charge in [0.2, 0.25) is 0 Å². The molecule has 0 bridgehead atoms. The number of nitrogens with zero attached hydrogens (tertiary/aromatic N) is 2. The van der Waals surface area contributed by atoms with Crippen LogP contribution in [0.5, 0.6) is 0 Å². The van der Waals surface area contributed by atoms with E-state index in [1.165, 1.54) is 0 Å². The summed E-state index contributed by atoms with van der Waals surface area (Å²) in [5.74, 6) is -1.52. The predicted octanol–water partition coefficient (Wildman–Crippen LogP) is 3.53. The monoisotopic (exact) mass is 344 g/mol. The quantitative estimate of drug-likeness (QED) is 0.921. The fourth-order valence-electron chi connectivity index (χ4n) is 2.21. The van der Waals surface area contributed by atoms with E-state index < -0.39 is 17.7 Å². The normalized spacial score (nSPS) is 12.7. The number of aliphatic hydroxyl groups excluding tert-OH is 1. The minimum atomic E-state index is -1.25. The highest BCUT2D eigenvalue weighted by Gasteiger charge is 2.21. The van der Waals surface area contributed by atoms with E-state index >= 15 is 0 Å². The van der Waals surface area contributed by atoms with Gasteiger partial charge in [-0.15, -0.1) is 0 Å². The van der Waals surface area contributed by atoms with Gasteiger partial charge in [-0.2, -0.15) is 5.10 Å². The second-order valence-electron chi connectivity index (χ2n) is 4.60. The van der Waals surface area contributed by atoms with Crippen molar-refractivity contribution in [3.63, 3.8) is 0 Å². The zero-order valence-corrected chi connectivity index (χ0v) is 12.8. The molecule has 0 saturated heterocycles. The number of halogens is 3. The summed E-state index contributed by atoms with van der Waals surface area (Å²) in [6, 6.07) is 4.09. The third-order valence-electron chi connectivity index (χ3n) is 3.06. The lowest BCUT2D eigenvalue weighted by Gasteiger charge is -2.14. The van der Waals surface area contributed by atoms with Crippen molar-refractivity contribution in [2.45, 2.75) is 32.9 Å². The Morgan fingerprint density at radius 1 is 1.30 bits per heavy atom. The van der Waals surface area contributed by atoms with Gasteiger partial charge in [-0.05, 0) is 32.0 Å². The van der Waals surface area contributed by atoms with Crippen LogP contribution in [0.4, 0.5) is 8.78 Å². The molecule has 2 aromatic rings. The minimum absolute atomic E-state index is 0.115. The second kappa shape index (κ2) is 6.01. The molecule has 0 aliphatic heterocycles. The van der Waals surface area contributed by atoms with E-state index in [1.54, 1.807) is 10.7 Å². The van der Waals surface area contributed by atoms with E-state index in [9.17, 15) is 13.9 Å². The Kier molecular flexibility index (Phi) is 4.55. The van der Waals surface area contributed by atoms with Crippen molar-refractivity contribution in [1.82, 2.24) is 9.78 Å². The predicted molar refractivity (Wildman–Crippen MR) is 75.4 cm³/mol. The van der Waals surface area contributed by atoms with Crippen molar-refractivity contribution >= 4 is 15.9 Å². The van der Waals surface area contributed by atoms with Crippen LogP contribution in [-0.4, -0.2) is 14.9 Å². The largest absolute Gasteiger partial charge is 0.388 e. The molecular formula is C14H15BrF2N2O. The van der Waals surface area contributed by atoms with Gasteiger partial charge in [0.25, 0.3) is 0 Å². The first-order valence-electron chi connectivity index (χ1n) is 6.28. The fourth-order valence-corrected chi connectivity index (χ4v) is 2.61. The van der Waals surface area contributed by atoms with Crippen molar-refractivity contribution < 1.29 is 13.9 Å². The van der Waals surface area contributed by atoms with Crippen molar-refractivity contribution in [1.29, 1.82) is 0 Å². The molecule has 1 N–H and O–H groups in total. The lowest BCUT2D eigenvalue weighted by atomic mass is 10.0. The van der Waals surface area contributed by atoms with E-state index in [1.807, 2.05) is 13.8 Å². The smallest absolute Gasteiger partial charge is 0.133 e. The molecule has 0 fully saturated rings. The van der Waals surface area contributed by atoms with Gasteiger partial charge in [-0.3, -0.25) is 4.68 Å². The SMILES string of the molecule is CCn1nc(C)cc1CC(O)c1c(F)cc(Br)cc1F. The molecule has 0 aliphatic carbocycles. The van der Waals surface area contributed by atoms with Crippen LogP contribution in [-0.2, 0) is 13.0 Å². The molecule has 1 unspecified atom stereocenters. The number of aromatic nitrogens is 2. The molecule has 1 aromatic heterocycles. The second-order valence-corrected chi connectivity index (χ2v) is 5.51. The zero-order chi connectivity index (χ0) is 14.9. The number of benzene rings is 1.